The Hall–Kier alpha value is -1.10. The lowest BCUT2D eigenvalue weighted by molar-refractivity contribution is -0.314. The maximum Gasteiger partial charge on any atom is 0.224 e. The second-order valence-corrected chi connectivity index (χ2v) is 6.55. The molecule has 3 aliphatic rings. The molecule has 0 spiro atoms. The monoisotopic (exact) mass is 280 g/mol. The van der Waals surface area contributed by atoms with Crippen LogP contribution >= 0.6 is 0 Å². The van der Waals surface area contributed by atoms with Crippen molar-refractivity contribution in [3.8, 4) is 0 Å². The van der Waals surface area contributed by atoms with Crippen LogP contribution in [0.2, 0.25) is 0 Å². The number of fused-ring (bicyclic) bond motifs is 2. The van der Waals surface area contributed by atoms with Crippen molar-refractivity contribution >= 4 is 11.9 Å². The van der Waals surface area contributed by atoms with E-state index in [4.69, 9.17) is 4.74 Å². The van der Waals surface area contributed by atoms with Crippen LogP contribution in [0.15, 0.2) is 0 Å². The summed E-state index contributed by atoms with van der Waals surface area (Å²) in [6.45, 7) is 2.69. The van der Waals surface area contributed by atoms with Gasteiger partial charge in [-0.2, -0.15) is 0 Å². The van der Waals surface area contributed by atoms with Gasteiger partial charge in [-0.1, -0.05) is 0 Å². The summed E-state index contributed by atoms with van der Waals surface area (Å²) in [7, 11) is 0. The van der Waals surface area contributed by atoms with Gasteiger partial charge in [-0.3, -0.25) is 4.79 Å². The second kappa shape index (κ2) is 5.35. The van der Waals surface area contributed by atoms with Gasteiger partial charge in [0.25, 0.3) is 0 Å². The number of rotatable bonds is 4. The summed E-state index contributed by atoms with van der Waals surface area (Å²) in [4.78, 5) is 23.8. The third kappa shape index (κ3) is 2.32. The average molecular weight is 280 g/mol. The number of carbonyl (C=O) groups is 2. The molecule has 1 aliphatic heterocycles. The molecular formula is C15H22NO4-. The fraction of sp³-hybridized carbons (Fsp3) is 0.867. The van der Waals surface area contributed by atoms with Crippen LogP contribution in [0.3, 0.4) is 0 Å². The van der Waals surface area contributed by atoms with Crippen molar-refractivity contribution in [2.24, 2.45) is 23.7 Å². The Kier molecular flexibility index (Phi) is 3.71. The first-order valence-corrected chi connectivity index (χ1v) is 7.70. The molecule has 3 fully saturated rings. The van der Waals surface area contributed by atoms with Gasteiger partial charge in [-0.25, -0.2) is 0 Å². The van der Waals surface area contributed by atoms with Crippen molar-refractivity contribution in [3.63, 3.8) is 0 Å². The predicted octanol–water partition coefficient (Wildman–Crippen LogP) is 0.0823. The molecule has 1 N–H and O–H groups in total. The average Bonchev–Trinajstić information content (AvgIpc) is 3.13. The van der Waals surface area contributed by atoms with Gasteiger partial charge >= 0.3 is 0 Å². The zero-order valence-electron chi connectivity index (χ0n) is 11.8. The second-order valence-electron chi connectivity index (χ2n) is 6.55. The molecule has 0 aromatic rings. The van der Waals surface area contributed by atoms with Gasteiger partial charge in [-0.05, 0) is 50.9 Å². The fourth-order valence-corrected chi connectivity index (χ4v) is 4.42. The van der Waals surface area contributed by atoms with E-state index in [1.54, 1.807) is 0 Å². The molecule has 2 saturated carbocycles. The SMILES string of the molecule is C[C@H](NC(=O)[C@@H]1[C@H]2CC[C@@H](C2)[C@@H]1C(=O)[O-])[C@@H]1CCCO1. The van der Waals surface area contributed by atoms with E-state index in [0.29, 0.717) is 0 Å². The van der Waals surface area contributed by atoms with Crippen LogP contribution in [0.4, 0.5) is 0 Å². The normalized spacial score (nSPS) is 40.8. The number of ether oxygens (including phenoxy) is 1. The molecule has 3 rings (SSSR count). The molecule has 2 aliphatic carbocycles. The van der Waals surface area contributed by atoms with Crippen molar-refractivity contribution in [2.75, 3.05) is 6.61 Å². The largest absolute Gasteiger partial charge is 0.550 e. The summed E-state index contributed by atoms with van der Waals surface area (Å²) in [5.74, 6) is -1.80. The number of nitrogens with one attached hydrogen (secondary N) is 1. The molecular weight excluding hydrogens is 258 g/mol. The minimum atomic E-state index is -1.05. The summed E-state index contributed by atoms with van der Waals surface area (Å²) in [5, 5.41) is 14.3. The first kappa shape index (κ1) is 13.9. The minimum absolute atomic E-state index is 0.0495. The summed E-state index contributed by atoms with van der Waals surface area (Å²) >= 11 is 0. The number of carboxylic acids is 1. The Balaban J connectivity index is 1.65. The number of carbonyl (C=O) groups excluding carboxylic acids is 2. The van der Waals surface area contributed by atoms with Crippen molar-refractivity contribution in [1.29, 1.82) is 0 Å². The van der Waals surface area contributed by atoms with Crippen LogP contribution in [0.5, 0.6) is 0 Å². The van der Waals surface area contributed by atoms with E-state index < -0.39 is 17.8 Å². The van der Waals surface area contributed by atoms with Gasteiger partial charge in [0.2, 0.25) is 5.91 Å². The zero-order valence-corrected chi connectivity index (χ0v) is 11.8. The Morgan fingerprint density at radius 2 is 1.90 bits per heavy atom. The van der Waals surface area contributed by atoms with Crippen LogP contribution in [0, 0.1) is 23.7 Å². The third-order valence-corrected chi connectivity index (χ3v) is 5.38. The summed E-state index contributed by atoms with van der Waals surface area (Å²) in [5.41, 5.74) is 0. The molecule has 0 unspecified atom stereocenters. The van der Waals surface area contributed by atoms with E-state index in [2.05, 4.69) is 5.32 Å². The van der Waals surface area contributed by atoms with Crippen LogP contribution in [0.1, 0.15) is 39.0 Å². The minimum Gasteiger partial charge on any atom is -0.550 e. The van der Waals surface area contributed by atoms with Gasteiger partial charge in [0, 0.05) is 24.4 Å². The number of amides is 1. The lowest BCUT2D eigenvalue weighted by Gasteiger charge is -2.32. The fourth-order valence-electron chi connectivity index (χ4n) is 4.42. The van der Waals surface area contributed by atoms with Gasteiger partial charge < -0.3 is 20.0 Å². The molecule has 0 radical (unpaired) electrons. The molecule has 1 heterocycles. The number of hydrogen-bond donors (Lipinski definition) is 1. The molecule has 2 bridgehead atoms. The molecule has 5 heteroatoms. The number of aliphatic carboxylic acids is 1. The first-order chi connectivity index (χ1) is 9.58. The van der Waals surface area contributed by atoms with Crippen LogP contribution in [-0.4, -0.2) is 30.6 Å². The Morgan fingerprint density at radius 1 is 1.20 bits per heavy atom. The molecule has 1 saturated heterocycles. The summed E-state index contributed by atoms with van der Waals surface area (Å²) in [6.07, 6.45) is 4.82. The van der Waals surface area contributed by atoms with Gasteiger partial charge in [0.15, 0.2) is 0 Å². The van der Waals surface area contributed by atoms with Crippen LogP contribution < -0.4 is 10.4 Å². The summed E-state index contributed by atoms with van der Waals surface area (Å²) in [6, 6.07) is -0.0495. The smallest absolute Gasteiger partial charge is 0.224 e. The Morgan fingerprint density at radius 3 is 2.50 bits per heavy atom. The topological polar surface area (TPSA) is 78.5 Å². The van der Waals surface area contributed by atoms with Gasteiger partial charge in [-0.15, -0.1) is 0 Å². The lowest BCUT2D eigenvalue weighted by Crippen LogP contribution is -2.49. The maximum absolute atomic E-state index is 12.5. The van der Waals surface area contributed by atoms with Gasteiger partial charge in [0.1, 0.15) is 0 Å². The Labute approximate surface area is 119 Å². The van der Waals surface area contributed by atoms with Gasteiger partial charge in [0.05, 0.1) is 12.1 Å². The van der Waals surface area contributed by atoms with Crippen molar-refractivity contribution in [2.45, 2.75) is 51.2 Å². The molecule has 112 valence electrons. The molecule has 0 aromatic heterocycles. The quantitative estimate of drug-likeness (QED) is 0.791. The predicted molar refractivity (Wildman–Crippen MR) is 69.4 cm³/mol. The molecule has 5 nitrogen and oxygen atoms in total. The van der Waals surface area contributed by atoms with E-state index in [9.17, 15) is 14.7 Å². The van der Waals surface area contributed by atoms with E-state index in [-0.39, 0.29) is 29.9 Å². The van der Waals surface area contributed by atoms with Crippen LogP contribution in [-0.2, 0) is 14.3 Å². The zero-order chi connectivity index (χ0) is 14.3. The molecule has 6 atom stereocenters. The first-order valence-electron chi connectivity index (χ1n) is 7.70. The Bertz CT molecular complexity index is 405. The molecule has 0 aromatic carbocycles. The standard InChI is InChI=1S/C15H23NO4/c1-8(11-3-2-6-20-11)16-14(17)12-9-4-5-10(7-9)13(12)15(18)19/h8-13H,2-7H2,1H3,(H,16,17)(H,18,19)/p-1/t8-,9-,10-,11-,12+,13-/m0/s1. The highest BCUT2D eigenvalue weighted by Gasteiger charge is 2.51. The number of carboxylic acid groups (broad SMARTS) is 1. The molecule has 1 amide bonds. The van der Waals surface area contributed by atoms with Crippen molar-refractivity contribution < 1.29 is 19.4 Å². The van der Waals surface area contributed by atoms with E-state index >= 15 is 0 Å². The van der Waals surface area contributed by atoms with Crippen molar-refractivity contribution in [3.05, 3.63) is 0 Å². The maximum atomic E-state index is 12.5. The summed E-state index contributed by atoms with van der Waals surface area (Å²) < 4.78 is 5.57. The number of hydrogen-bond acceptors (Lipinski definition) is 4. The van der Waals surface area contributed by atoms with Crippen molar-refractivity contribution in [1.82, 2.24) is 5.32 Å². The third-order valence-electron chi connectivity index (χ3n) is 5.38. The highest BCUT2D eigenvalue weighted by molar-refractivity contribution is 5.85. The van der Waals surface area contributed by atoms with E-state index in [0.717, 1.165) is 38.7 Å². The highest BCUT2D eigenvalue weighted by atomic mass is 16.5. The highest BCUT2D eigenvalue weighted by Crippen LogP contribution is 2.52. The lowest BCUT2D eigenvalue weighted by atomic mass is 9.78. The van der Waals surface area contributed by atoms with E-state index in [1.807, 2.05) is 6.92 Å². The van der Waals surface area contributed by atoms with E-state index in [1.165, 1.54) is 0 Å². The van der Waals surface area contributed by atoms with Crippen LogP contribution in [0.25, 0.3) is 0 Å². The molecule has 20 heavy (non-hydrogen) atoms.